The first-order chi connectivity index (χ1) is 11.3. The highest BCUT2D eigenvalue weighted by atomic mass is 32.1. The monoisotopic (exact) mass is 323 g/mol. The van der Waals surface area contributed by atoms with E-state index < -0.39 is 0 Å². The van der Waals surface area contributed by atoms with Crippen molar-refractivity contribution >= 4 is 33.8 Å². The topological polar surface area (TPSA) is 36.4 Å². The number of anilines is 1. The lowest BCUT2D eigenvalue weighted by molar-refractivity contribution is 0.0752. The summed E-state index contributed by atoms with van der Waals surface area (Å²) in [6.07, 6.45) is 1.84. The number of benzene rings is 1. The molecule has 1 aliphatic rings. The Labute approximate surface area is 139 Å². The molecule has 0 N–H and O–H groups in total. The van der Waals surface area contributed by atoms with Crippen molar-refractivity contribution in [1.82, 2.24) is 9.88 Å². The molecule has 0 aliphatic carbocycles. The van der Waals surface area contributed by atoms with Crippen molar-refractivity contribution < 1.29 is 4.79 Å². The zero-order valence-electron chi connectivity index (χ0n) is 12.7. The normalized spacial score (nSPS) is 15.1. The lowest BCUT2D eigenvalue weighted by Gasteiger charge is -2.36. The molecule has 4 nitrogen and oxygen atoms in total. The average Bonchev–Trinajstić information content (AvgIpc) is 3.15. The van der Waals surface area contributed by atoms with Gasteiger partial charge in [-0.15, -0.1) is 11.3 Å². The molecule has 1 aromatic carbocycles. The Kier molecular flexibility index (Phi) is 3.71. The summed E-state index contributed by atoms with van der Waals surface area (Å²) >= 11 is 1.51. The molecule has 2 aromatic heterocycles. The van der Waals surface area contributed by atoms with Crippen LogP contribution in [0.2, 0.25) is 0 Å². The predicted molar refractivity (Wildman–Crippen MR) is 94.2 cm³/mol. The van der Waals surface area contributed by atoms with Crippen LogP contribution in [0.4, 0.5) is 5.69 Å². The number of rotatable bonds is 2. The van der Waals surface area contributed by atoms with Crippen molar-refractivity contribution in [2.45, 2.75) is 0 Å². The van der Waals surface area contributed by atoms with E-state index in [0.717, 1.165) is 47.6 Å². The van der Waals surface area contributed by atoms with Gasteiger partial charge < -0.3 is 9.80 Å². The first-order valence-electron chi connectivity index (χ1n) is 7.74. The highest BCUT2D eigenvalue weighted by molar-refractivity contribution is 7.12. The number of carbonyl (C=O) groups is 1. The molecular formula is C18H17N3OS. The number of para-hydroxylation sites is 1. The molecule has 0 unspecified atom stereocenters. The van der Waals surface area contributed by atoms with Crippen molar-refractivity contribution in [3.05, 3.63) is 58.9 Å². The summed E-state index contributed by atoms with van der Waals surface area (Å²) in [4.78, 5) is 22.0. The molecule has 1 fully saturated rings. The molecule has 1 amide bonds. The SMILES string of the molecule is O=C(c1cccs1)N1CCN(c2cccc3cccnc23)CC1. The highest BCUT2D eigenvalue weighted by Gasteiger charge is 2.23. The van der Waals surface area contributed by atoms with Crippen LogP contribution in [0.3, 0.4) is 0 Å². The van der Waals surface area contributed by atoms with Gasteiger partial charge in [-0.05, 0) is 23.6 Å². The summed E-state index contributed by atoms with van der Waals surface area (Å²) in [6.45, 7) is 3.18. The van der Waals surface area contributed by atoms with E-state index in [1.807, 2.05) is 34.7 Å². The summed E-state index contributed by atoms with van der Waals surface area (Å²) in [5, 5.41) is 3.10. The number of thiophene rings is 1. The second kappa shape index (κ2) is 6.01. The Morgan fingerprint density at radius 1 is 1.00 bits per heavy atom. The van der Waals surface area contributed by atoms with E-state index in [0.29, 0.717) is 0 Å². The van der Waals surface area contributed by atoms with Gasteiger partial charge in [0.1, 0.15) is 0 Å². The van der Waals surface area contributed by atoms with E-state index in [-0.39, 0.29) is 5.91 Å². The van der Waals surface area contributed by atoms with Crippen LogP contribution in [0.25, 0.3) is 10.9 Å². The maximum Gasteiger partial charge on any atom is 0.264 e. The maximum atomic E-state index is 12.4. The molecule has 3 aromatic rings. The van der Waals surface area contributed by atoms with Crippen LogP contribution in [0.1, 0.15) is 9.67 Å². The highest BCUT2D eigenvalue weighted by Crippen LogP contribution is 2.26. The number of pyridine rings is 1. The van der Waals surface area contributed by atoms with Crippen LogP contribution < -0.4 is 4.90 Å². The maximum absolute atomic E-state index is 12.4. The van der Waals surface area contributed by atoms with Crippen molar-refractivity contribution in [1.29, 1.82) is 0 Å². The molecule has 0 atom stereocenters. The predicted octanol–water partition coefficient (Wildman–Crippen LogP) is 3.26. The van der Waals surface area contributed by atoms with Crippen molar-refractivity contribution in [3.8, 4) is 0 Å². The molecule has 5 heteroatoms. The zero-order chi connectivity index (χ0) is 15.6. The Hall–Kier alpha value is -2.40. The third-order valence-electron chi connectivity index (χ3n) is 4.25. The minimum Gasteiger partial charge on any atom is -0.366 e. The zero-order valence-corrected chi connectivity index (χ0v) is 13.5. The van der Waals surface area contributed by atoms with Gasteiger partial charge in [0.05, 0.1) is 16.1 Å². The Bertz CT molecular complexity index is 818. The summed E-state index contributed by atoms with van der Waals surface area (Å²) < 4.78 is 0. The lowest BCUT2D eigenvalue weighted by Crippen LogP contribution is -2.48. The van der Waals surface area contributed by atoms with E-state index >= 15 is 0 Å². The van der Waals surface area contributed by atoms with Crippen molar-refractivity contribution in [2.75, 3.05) is 31.1 Å². The molecule has 23 heavy (non-hydrogen) atoms. The fourth-order valence-corrected chi connectivity index (χ4v) is 3.74. The summed E-state index contributed by atoms with van der Waals surface area (Å²) in [6, 6.07) is 14.1. The van der Waals surface area contributed by atoms with Crippen LogP contribution in [-0.2, 0) is 0 Å². The lowest BCUT2D eigenvalue weighted by atomic mass is 10.1. The largest absolute Gasteiger partial charge is 0.366 e. The average molecular weight is 323 g/mol. The van der Waals surface area contributed by atoms with Gasteiger partial charge in [-0.3, -0.25) is 9.78 Å². The number of hydrogen-bond donors (Lipinski definition) is 0. The molecule has 4 rings (SSSR count). The second-order valence-electron chi connectivity index (χ2n) is 5.61. The molecule has 3 heterocycles. The van der Waals surface area contributed by atoms with Crippen LogP contribution in [0.15, 0.2) is 54.0 Å². The van der Waals surface area contributed by atoms with Gasteiger partial charge in [0, 0.05) is 37.8 Å². The molecule has 0 saturated carbocycles. The summed E-state index contributed by atoms with van der Waals surface area (Å²) in [7, 11) is 0. The van der Waals surface area contributed by atoms with Gasteiger partial charge in [0.15, 0.2) is 0 Å². The van der Waals surface area contributed by atoms with Crippen molar-refractivity contribution in [2.24, 2.45) is 0 Å². The third kappa shape index (κ3) is 2.68. The molecule has 1 aliphatic heterocycles. The van der Waals surface area contributed by atoms with E-state index in [9.17, 15) is 4.79 Å². The Morgan fingerprint density at radius 3 is 2.61 bits per heavy atom. The van der Waals surface area contributed by atoms with E-state index in [4.69, 9.17) is 0 Å². The summed E-state index contributed by atoms with van der Waals surface area (Å²) in [5.41, 5.74) is 2.19. The fraction of sp³-hybridized carbons (Fsp3) is 0.222. The molecule has 1 saturated heterocycles. The van der Waals surface area contributed by atoms with E-state index in [1.165, 1.54) is 11.3 Å². The Balaban J connectivity index is 1.52. The third-order valence-corrected chi connectivity index (χ3v) is 5.11. The smallest absolute Gasteiger partial charge is 0.264 e. The number of fused-ring (bicyclic) bond motifs is 1. The minimum absolute atomic E-state index is 0.149. The molecule has 0 bridgehead atoms. The number of aromatic nitrogens is 1. The van der Waals surface area contributed by atoms with Crippen LogP contribution in [-0.4, -0.2) is 42.0 Å². The molecule has 0 spiro atoms. The number of hydrogen-bond acceptors (Lipinski definition) is 4. The molecule has 0 radical (unpaired) electrons. The van der Waals surface area contributed by atoms with Crippen LogP contribution >= 0.6 is 11.3 Å². The summed E-state index contributed by atoms with van der Waals surface area (Å²) in [5.74, 6) is 0.149. The van der Waals surface area contributed by atoms with Gasteiger partial charge >= 0.3 is 0 Å². The number of carbonyl (C=O) groups excluding carboxylic acids is 1. The van der Waals surface area contributed by atoms with Crippen LogP contribution in [0, 0.1) is 0 Å². The number of piperazine rings is 1. The van der Waals surface area contributed by atoms with E-state index in [1.54, 1.807) is 0 Å². The minimum atomic E-state index is 0.149. The van der Waals surface area contributed by atoms with Crippen molar-refractivity contribution in [3.63, 3.8) is 0 Å². The second-order valence-corrected chi connectivity index (χ2v) is 6.56. The van der Waals surface area contributed by atoms with Gasteiger partial charge in [0.2, 0.25) is 0 Å². The number of nitrogens with zero attached hydrogens (tertiary/aromatic N) is 3. The van der Waals surface area contributed by atoms with Gasteiger partial charge in [-0.25, -0.2) is 0 Å². The fourth-order valence-electron chi connectivity index (χ4n) is 3.05. The van der Waals surface area contributed by atoms with Gasteiger partial charge in [-0.2, -0.15) is 0 Å². The van der Waals surface area contributed by atoms with Crippen LogP contribution in [0.5, 0.6) is 0 Å². The van der Waals surface area contributed by atoms with E-state index in [2.05, 4.69) is 34.1 Å². The first kappa shape index (κ1) is 14.2. The van der Waals surface area contributed by atoms with Gasteiger partial charge in [0.25, 0.3) is 5.91 Å². The van der Waals surface area contributed by atoms with Gasteiger partial charge in [-0.1, -0.05) is 24.3 Å². The molecular weight excluding hydrogens is 306 g/mol. The molecule has 116 valence electrons. The standard InChI is InChI=1S/C18H17N3OS/c22-18(16-7-3-13-23-16)21-11-9-20(10-12-21)15-6-1-4-14-5-2-8-19-17(14)15/h1-8,13H,9-12H2. The first-order valence-corrected chi connectivity index (χ1v) is 8.62. The quantitative estimate of drug-likeness (QED) is 0.726. The Morgan fingerprint density at radius 2 is 1.83 bits per heavy atom. The number of amides is 1.